The summed E-state index contributed by atoms with van der Waals surface area (Å²) in [7, 11) is -3.12. The fourth-order valence-electron chi connectivity index (χ4n) is 2.87. The molecule has 1 heterocycles. The van der Waals surface area contributed by atoms with Crippen molar-refractivity contribution in [3.05, 3.63) is 33.8 Å². The Bertz CT molecular complexity index is 622. The normalized spacial score (nSPS) is 21.7. The zero-order valence-corrected chi connectivity index (χ0v) is 15.2. The van der Waals surface area contributed by atoms with Crippen molar-refractivity contribution >= 4 is 33.2 Å². The molecule has 1 aromatic rings. The molecule has 0 spiro atoms. The molecule has 2 rings (SSSR count). The zero-order chi connectivity index (χ0) is 16.3. The van der Waals surface area contributed by atoms with Gasteiger partial charge >= 0.3 is 0 Å². The van der Waals surface area contributed by atoms with E-state index in [0.29, 0.717) is 22.5 Å². The van der Waals surface area contributed by atoms with Crippen molar-refractivity contribution in [1.82, 2.24) is 9.62 Å². The molecule has 1 N–H and O–H groups in total. The number of piperidine rings is 1. The molecule has 7 heteroatoms. The zero-order valence-electron chi connectivity index (χ0n) is 12.9. The Morgan fingerprint density at radius 2 is 2.09 bits per heavy atom. The maximum Gasteiger partial charge on any atom is 0.208 e. The van der Waals surface area contributed by atoms with Crippen molar-refractivity contribution in [2.24, 2.45) is 5.92 Å². The summed E-state index contributed by atoms with van der Waals surface area (Å²) in [5.41, 5.74) is 1.13. The first-order valence-corrected chi connectivity index (χ1v) is 10.0. The molecule has 1 aromatic carbocycles. The Morgan fingerprint density at radius 1 is 1.36 bits per heavy atom. The van der Waals surface area contributed by atoms with Crippen LogP contribution in [-0.2, 0) is 10.0 Å². The average Bonchev–Trinajstić information content (AvgIpc) is 2.47. The molecule has 0 unspecified atom stereocenters. The van der Waals surface area contributed by atoms with E-state index >= 15 is 0 Å². The van der Waals surface area contributed by atoms with E-state index in [0.717, 1.165) is 31.5 Å². The topological polar surface area (TPSA) is 49.4 Å². The molecule has 1 fully saturated rings. The van der Waals surface area contributed by atoms with Crippen molar-refractivity contribution in [2.75, 3.05) is 25.9 Å². The maximum absolute atomic E-state index is 11.2. The SMILES string of the molecule is C[C@@H](c1ccc(Cl)c(Cl)c1)N1CCC[C@H](CNS(C)(=O)=O)C1. The van der Waals surface area contributed by atoms with Gasteiger partial charge in [-0.1, -0.05) is 29.3 Å². The number of nitrogens with one attached hydrogen (secondary N) is 1. The van der Waals surface area contributed by atoms with Gasteiger partial charge in [0.25, 0.3) is 0 Å². The molecule has 0 saturated carbocycles. The minimum Gasteiger partial charge on any atom is -0.296 e. The second kappa shape index (κ2) is 7.49. The first-order chi connectivity index (χ1) is 10.3. The summed E-state index contributed by atoms with van der Waals surface area (Å²) in [6.07, 6.45) is 3.32. The van der Waals surface area contributed by atoms with Gasteiger partial charge in [-0.3, -0.25) is 4.90 Å². The molecule has 22 heavy (non-hydrogen) atoms. The molecule has 0 bridgehead atoms. The van der Waals surface area contributed by atoms with Gasteiger partial charge in [-0.2, -0.15) is 0 Å². The molecule has 0 aromatic heterocycles. The first-order valence-electron chi connectivity index (χ1n) is 7.40. The van der Waals surface area contributed by atoms with E-state index in [2.05, 4.69) is 16.5 Å². The van der Waals surface area contributed by atoms with Crippen LogP contribution in [0.3, 0.4) is 0 Å². The highest BCUT2D eigenvalue weighted by molar-refractivity contribution is 7.88. The van der Waals surface area contributed by atoms with E-state index < -0.39 is 10.0 Å². The van der Waals surface area contributed by atoms with Gasteiger partial charge in [-0.25, -0.2) is 13.1 Å². The summed E-state index contributed by atoms with van der Waals surface area (Å²) in [5, 5.41) is 1.13. The maximum atomic E-state index is 11.2. The highest BCUT2D eigenvalue weighted by atomic mass is 35.5. The van der Waals surface area contributed by atoms with E-state index in [1.165, 1.54) is 6.26 Å². The van der Waals surface area contributed by atoms with Gasteiger partial charge in [0, 0.05) is 19.1 Å². The fraction of sp³-hybridized carbons (Fsp3) is 0.600. The van der Waals surface area contributed by atoms with Crippen molar-refractivity contribution in [2.45, 2.75) is 25.8 Å². The largest absolute Gasteiger partial charge is 0.296 e. The van der Waals surface area contributed by atoms with Crippen molar-refractivity contribution in [3.63, 3.8) is 0 Å². The molecule has 1 saturated heterocycles. The van der Waals surface area contributed by atoms with Crippen LogP contribution >= 0.6 is 23.2 Å². The Labute approximate surface area is 142 Å². The smallest absolute Gasteiger partial charge is 0.208 e. The van der Waals surface area contributed by atoms with Crippen LogP contribution < -0.4 is 4.72 Å². The summed E-state index contributed by atoms with van der Waals surface area (Å²) in [4.78, 5) is 2.37. The van der Waals surface area contributed by atoms with Gasteiger partial charge < -0.3 is 0 Å². The van der Waals surface area contributed by atoms with E-state index in [9.17, 15) is 8.42 Å². The van der Waals surface area contributed by atoms with E-state index in [1.807, 2.05) is 18.2 Å². The molecule has 0 amide bonds. The van der Waals surface area contributed by atoms with Crippen LogP contribution in [0.5, 0.6) is 0 Å². The molecule has 124 valence electrons. The minimum atomic E-state index is -3.12. The summed E-state index contributed by atoms with van der Waals surface area (Å²) >= 11 is 12.1. The Kier molecular flexibility index (Phi) is 6.14. The average molecular weight is 365 g/mol. The van der Waals surface area contributed by atoms with Crippen LogP contribution in [0.15, 0.2) is 18.2 Å². The first kappa shape index (κ1) is 18.0. The third kappa shape index (κ3) is 5.10. The van der Waals surface area contributed by atoms with E-state index in [4.69, 9.17) is 23.2 Å². The fourth-order valence-corrected chi connectivity index (χ4v) is 3.71. The summed E-state index contributed by atoms with van der Waals surface area (Å²) in [6, 6.07) is 5.96. The number of halogens is 2. The van der Waals surface area contributed by atoms with Crippen LogP contribution in [0.25, 0.3) is 0 Å². The lowest BCUT2D eigenvalue weighted by Crippen LogP contribution is -2.41. The second-order valence-corrected chi connectivity index (χ2v) is 8.62. The molecular weight excluding hydrogens is 343 g/mol. The van der Waals surface area contributed by atoms with Crippen LogP contribution in [0.4, 0.5) is 0 Å². The predicted octanol–water partition coefficient (Wildman–Crippen LogP) is 3.32. The number of benzene rings is 1. The van der Waals surface area contributed by atoms with Gasteiger partial charge in [-0.05, 0) is 49.9 Å². The van der Waals surface area contributed by atoms with Gasteiger partial charge in [0.15, 0.2) is 0 Å². The third-order valence-corrected chi connectivity index (χ3v) is 5.59. The van der Waals surface area contributed by atoms with Gasteiger partial charge in [0.1, 0.15) is 0 Å². The van der Waals surface area contributed by atoms with E-state index in [1.54, 1.807) is 0 Å². The lowest BCUT2D eigenvalue weighted by atomic mass is 9.95. The molecule has 0 radical (unpaired) electrons. The third-order valence-electron chi connectivity index (χ3n) is 4.16. The minimum absolute atomic E-state index is 0.232. The van der Waals surface area contributed by atoms with Crippen LogP contribution in [0.2, 0.25) is 10.0 Å². The van der Waals surface area contributed by atoms with Crippen molar-refractivity contribution < 1.29 is 8.42 Å². The number of nitrogens with zero attached hydrogens (tertiary/aromatic N) is 1. The van der Waals surface area contributed by atoms with Crippen LogP contribution in [-0.4, -0.2) is 39.2 Å². The summed E-state index contributed by atoms with van der Waals surface area (Å²) in [6.45, 7) is 4.54. The Morgan fingerprint density at radius 3 is 2.73 bits per heavy atom. The quantitative estimate of drug-likeness (QED) is 0.871. The Hall–Kier alpha value is -0.330. The van der Waals surface area contributed by atoms with Gasteiger partial charge in [0.05, 0.1) is 16.3 Å². The number of sulfonamides is 1. The number of hydrogen-bond acceptors (Lipinski definition) is 3. The molecule has 4 nitrogen and oxygen atoms in total. The molecule has 0 aliphatic carbocycles. The van der Waals surface area contributed by atoms with Gasteiger partial charge in [-0.15, -0.1) is 0 Å². The van der Waals surface area contributed by atoms with Gasteiger partial charge in [0.2, 0.25) is 10.0 Å². The Balaban J connectivity index is 2.00. The van der Waals surface area contributed by atoms with Crippen LogP contribution in [0.1, 0.15) is 31.4 Å². The number of likely N-dealkylation sites (tertiary alicyclic amines) is 1. The standard InChI is InChI=1S/C15H22Cl2N2O2S/c1-11(13-5-6-14(16)15(17)8-13)19-7-3-4-12(10-19)9-18-22(2,20)21/h5-6,8,11-12,18H,3-4,7,9-10H2,1-2H3/t11-,12+/m0/s1. The van der Waals surface area contributed by atoms with E-state index in [-0.39, 0.29) is 6.04 Å². The molecule has 2 atom stereocenters. The summed E-state index contributed by atoms with van der Waals surface area (Å²) < 4.78 is 25.1. The van der Waals surface area contributed by atoms with Crippen molar-refractivity contribution in [1.29, 1.82) is 0 Å². The lowest BCUT2D eigenvalue weighted by Gasteiger charge is -2.37. The summed E-state index contributed by atoms with van der Waals surface area (Å²) in [5.74, 6) is 0.341. The monoisotopic (exact) mass is 364 g/mol. The number of rotatable bonds is 5. The number of hydrogen-bond donors (Lipinski definition) is 1. The molecule has 1 aliphatic rings. The predicted molar refractivity (Wildman–Crippen MR) is 92.0 cm³/mol. The molecule has 1 aliphatic heterocycles. The second-order valence-electron chi connectivity index (χ2n) is 5.97. The highest BCUT2D eigenvalue weighted by Gasteiger charge is 2.25. The van der Waals surface area contributed by atoms with Crippen molar-refractivity contribution in [3.8, 4) is 0 Å². The van der Waals surface area contributed by atoms with Crippen LogP contribution in [0, 0.1) is 5.92 Å². The lowest BCUT2D eigenvalue weighted by molar-refractivity contribution is 0.133. The molecular formula is C15H22Cl2N2O2S. The highest BCUT2D eigenvalue weighted by Crippen LogP contribution is 2.30.